The molecule has 1 aromatic carbocycles. The van der Waals surface area contributed by atoms with Crippen molar-refractivity contribution >= 4 is 11.8 Å². The van der Waals surface area contributed by atoms with Crippen LogP contribution in [0.4, 0.5) is 0 Å². The maximum Gasteiger partial charge on any atom is 0.0164 e. The van der Waals surface area contributed by atoms with Crippen molar-refractivity contribution in [1.82, 2.24) is 5.32 Å². The highest BCUT2D eigenvalue weighted by Crippen LogP contribution is 2.29. The smallest absolute Gasteiger partial charge is 0.0164 e. The van der Waals surface area contributed by atoms with E-state index in [9.17, 15) is 0 Å². The minimum absolute atomic E-state index is 0.679. The summed E-state index contributed by atoms with van der Waals surface area (Å²) in [7, 11) is 0. The third-order valence-electron chi connectivity index (χ3n) is 4.03. The average Bonchev–Trinajstić information content (AvgIpc) is 2.47. The van der Waals surface area contributed by atoms with Gasteiger partial charge >= 0.3 is 0 Å². The molecule has 1 saturated carbocycles. The standard InChI is InChI=1S/C17H27NS/c1-2-18-16(13-15-9-5-3-6-10-15)14-19-17-11-7-4-8-12-17/h4,7-8,11-12,15-16,18H,2-3,5-6,9-10,13-14H2,1H3. The quantitative estimate of drug-likeness (QED) is 0.723. The van der Waals surface area contributed by atoms with E-state index in [1.54, 1.807) is 0 Å². The monoisotopic (exact) mass is 277 g/mol. The molecule has 1 fully saturated rings. The molecule has 0 radical (unpaired) electrons. The molecule has 1 nitrogen and oxygen atoms in total. The summed E-state index contributed by atoms with van der Waals surface area (Å²) in [6.45, 7) is 3.31. The first-order valence-electron chi connectivity index (χ1n) is 7.79. The molecular formula is C17H27NS. The van der Waals surface area contributed by atoms with Crippen LogP contribution in [-0.4, -0.2) is 18.3 Å². The minimum atomic E-state index is 0.679. The largest absolute Gasteiger partial charge is 0.313 e. The van der Waals surface area contributed by atoms with Crippen LogP contribution in [0.15, 0.2) is 35.2 Å². The van der Waals surface area contributed by atoms with Crippen molar-refractivity contribution in [3.05, 3.63) is 30.3 Å². The second-order valence-corrected chi connectivity index (χ2v) is 6.71. The van der Waals surface area contributed by atoms with Gasteiger partial charge in [-0.3, -0.25) is 0 Å². The van der Waals surface area contributed by atoms with E-state index in [2.05, 4.69) is 42.6 Å². The third-order valence-corrected chi connectivity index (χ3v) is 5.20. The summed E-state index contributed by atoms with van der Waals surface area (Å²) in [4.78, 5) is 1.40. The molecule has 0 saturated heterocycles. The van der Waals surface area contributed by atoms with Crippen molar-refractivity contribution in [3.8, 4) is 0 Å². The normalized spacial score (nSPS) is 18.4. The molecule has 1 aliphatic rings. The fourth-order valence-electron chi connectivity index (χ4n) is 3.04. The number of hydrogen-bond donors (Lipinski definition) is 1. The molecule has 0 heterocycles. The number of thioether (sulfide) groups is 1. The van der Waals surface area contributed by atoms with Crippen LogP contribution in [0, 0.1) is 5.92 Å². The maximum absolute atomic E-state index is 3.68. The summed E-state index contributed by atoms with van der Waals surface area (Å²) in [5.41, 5.74) is 0. The van der Waals surface area contributed by atoms with Gasteiger partial charge in [0.2, 0.25) is 0 Å². The predicted molar refractivity (Wildman–Crippen MR) is 85.8 cm³/mol. The zero-order chi connectivity index (χ0) is 13.3. The molecule has 0 aromatic heterocycles. The Morgan fingerprint density at radius 2 is 1.89 bits per heavy atom. The van der Waals surface area contributed by atoms with Gasteiger partial charge in [0.1, 0.15) is 0 Å². The van der Waals surface area contributed by atoms with Gasteiger partial charge in [-0.05, 0) is 31.0 Å². The average molecular weight is 277 g/mol. The molecule has 106 valence electrons. The minimum Gasteiger partial charge on any atom is -0.313 e. The van der Waals surface area contributed by atoms with E-state index in [0.29, 0.717) is 6.04 Å². The number of benzene rings is 1. The zero-order valence-corrected chi connectivity index (χ0v) is 12.9. The highest BCUT2D eigenvalue weighted by Gasteiger charge is 2.18. The molecule has 0 bridgehead atoms. The number of nitrogens with one attached hydrogen (secondary N) is 1. The Hall–Kier alpha value is -0.470. The second-order valence-electron chi connectivity index (χ2n) is 5.62. The van der Waals surface area contributed by atoms with E-state index in [0.717, 1.165) is 12.5 Å². The number of hydrogen-bond acceptors (Lipinski definition) is 2. The van der Waals surface area contributed by atoms with Crippen molar-refractivity contribution in [2.24, 2.45) is 5.92 Å². The van der Waals surface area contributed by atoms with Crippen LogP contribution in [0.25, 0.3) is 0 Å². The van der Waals surface area contributed by atoms with Crippen molar-refractivity contribution in [2.45, 2.75) is 56.4 Å². The van der Waals surface area contributed by atoms with Crippen LogP contribution in [0.3, 0.4) is 0 Å². The summed E-state index contributed by atoms with van der Waals surface area (Å²) in [5, 5.41) is 3.68. The lowest BCUT2D eigenvalue weighted by molar-refractivity contribution is 0.308. The predicted octanol–water partition coefficient (Wildman–Crippen LogP) is 4.73. The molecule has 2 heteroatoms. The summed E-state index contributed by atoms with van der Waals surface area (Å²) in [5.74, 6) is 2.17. The van der Waals surface area contributed by atoms with Crippen LogP contribution < -0.4 is 5.32 Å². The Bertz CT molecular complexity index is 332. The van der Waals surface area contributed by atoms with Gasteiger partial charge in [0.25, 0.3) is 0 Å². The van der Waals surface area contributed by atoms with Gasteiger partial charge < -0.3 is 5.32 Å². The molecule has 1 unspecified atom stereocenters. The Balaban J connectivity index is 1.78. The molecule has 1 aromatic rings. The number of rotatable bonds is 7. The van der Waals surface area contributed by atoms with Crippen LogP contribution in [0.2, 0.25) is 0 Å². The molecular weight excluding hydrogens is 250 g/mol. The maximum atomic E-state index is 3.68. The van der Waals surface area contributed by atoms with Gasteiger partial charge in [0.15, 0.2) is 0 Å². The molecule has 0 amide bonds. The molecule has 0 aliphatic heterocycles. The zero-order valence-electron chi connectivity index (χ0n) is 12.1. The van der Waals surface area contributed by atoms with E-state index in [1.807, 2.05) is 11.8 Å². The molecule has 0 spiro atoms. The van der Waals surface area contributed by atoms with Crippen molar-refractivity contribution in [3.63, 3.8) is 0 Å². The van der Waals surface area contributed by atoms with Gasteiger partial charge in [-0.15, -0.1) is 11.8 Å². The fraction of sp³-hybridized carbons (Fsp3) is 0.647. The van der Waals surface area contributed by atoms with E-state index in [-0.39, 0.29) is 0 Å². The topological polar surface area (TPSA) is 12.0 Å². The highest BCUT2D eigenvalue weighted by molar-refractivity contribution is 7.99. The van der Waals surface area contributed by atoms with Crippen molar-refractivity contribution < 1.29 is 0 Å². The van der Waals surface area contributed by atoms with Gasteiger partial charge in [-0.2, -0.15) is 0 Å². The Morgan fingerprint density at radius 1 is 1.16 bits per heavy atom. The Labute approximate surface area is 122 Å². The third kappa shape index (κ3) is 5.58. The van der Waals surface area contributed by atoms with Crippen LogP contribution >= 0.6 is 11.8 Å². The second kappa shape index (κ2) is 8.65. The van der Waals surface area contributed by atoms with Gasteiger partial charge in [-0.25, -0.2) is 0 Å². The summed E-state index contributed by atoms with van der Waals surface area (Å²) < 4.78 is 0. The van der Waals surface area contributed by atoms with Crippen LogP contribution in [-0.2, 0) is 0 Å². The first-order valence-corrected chi connectivity index (χ1v) is 8.78. The first-order chi connectivity index (χ1) is 9.38. The van der Waals surface area contributed by atoms with Crippen LogP contribution in [0.1, 0.15) is 45.4 Å². The molecule has 1 N–H and O–H groups in total. The van der Waals surface area contributed by atoms with Crippen LogP contribution in [0.5, 0.6) is 0 Å². The van der Waals surface area contributed by atoms with E-state index < -0.39 is 0 Å². The first kappa shape index (κ1) is 14.9. The highest BCUT2D eigenvalue weighted by atomic mass is 32.2. The Kier molecular flexibility index (Phi) is 6.80. The molecule has 2 rings (SSSR count). The Morgan fingerprint density at radius 3 is 2.58 bits per heavy atom. The lowest BCUT2D eigenvalue weighted by Crippen LogP contribution is -2.33. The van der Waals surface area contributed by atoms with Gasteiger partial charge in [-0.1, -0.05) is 57.2 Å². The van der Waals surface area contributed by atoms with E-state index in [4.69, 9.17) is 0 Å². The van der Waals surface area contributed by atoms with E-state index in [1.165, 1.54) is 49.2 Å². The summed E-state index contributed by atoms with van der Waals surface area (Å²) >= 11 is 1.99. The fourth-order valence-corrected chi connectivity index (χ4v) is 4.03. The lowest BCUT2D eigenvalue weighted by Gasteiger charge is -2.27. The van der Waals surface area contributed by atoms with Gasteiger partial charge in [0.05, 0.1) is 0 Å². The molecule has 1 aliphatic carbocycles. The molecule has 1 atom stereocenters. The lowest BCUT2D eigenvalue weighted by atomic mass is 9.85. The van der Waals surface area contributed by atoms with Crippen molar-refractivity contribution in [1.29, 1.82) is 0 Å². The SMILES string of the molecule is CCNC(CSc1ccccc1)CC1CCCCC1. The summed E-state index contributed by atoms with van der Waals surface area (Å²) in [6, 6.07) is 11.5. The van der Waals surface area contributed by atoms with Gasteiger partial charge in [0, 0.05) is 16.7 Å². The van der Waals surface area contributed by atoms with E-state index >= 15 is 0 Å². The summed E-state index contributed by atoms with van der Waals surface area (Å²) in [6.07, 6.45) is 8.65. The molecule has 19 heavy (non-hydrogen) atoms. The van der Waals surface area contributed by atoms with Crippen molar-refractivity contribution in [2.75, 3.05) is 12.3 Å².